The first kappa shape index (κ1) is 17.4. The summed E-state index contributed by atoms with van der Waals surface area (Å²) in [4.78, 5) is 14.9. The van der Waals surface area contributed by atoms with Crippen LogP contribution in [0, 0.1) is 17.0 Å². The summed E-state index contributed by atoms with van der Waals surface area (Å²) in [5.74, 6) is 1.28. The minimum absolute atomic E-state index is 0.0622. The summed E-state index contributed by atoms with van der Waals surface area (Å²) in [6, 6.07) is 14.1. The maximum atomic E-state index is 10.9. The second-order valence-corrected chi connectivity index (χ2v) is 5.69. The number of non-ortho nitro benzene ring substituents is 1. The lowest BCUT2D eigenvalue weighted by Crippen LogP contribution is -1.95. The van der Waals surface area contributed by atoms with E-state index >= 15 is 0 Å². The fourth-order valence-corrected chi connectivity index (χ4v) is 2.93. The Hall–Kier alpha value is -3.41. The Balaban J connectivity index is 2.15. The van der Waals surface area contributed by atoms with E-state index in [9.17, 15) is 10.1 Å². The normalized spacial score (nSPS) is 10.4. The van der Waals surface area contributed by atoms with E-state index in [-0.39, 0.29) is 5.69 Å². The van der Waals surface area contributed by atoms with Crippen molar-refractivity contribution in [1.82, 2.24) is 4.98 Å². The Morgan fingerprint density at radius 1 is 0.923 bits per heavy atom. The molecule has 132 valence electrons. The largest absolute Gasteiger partial charge is 0.493 e. The third-order valence-corrected chi connectivity index (χ3v) is 4.20. The van der Waals surface area contributed by atoms with Crippen molar-refractivity contribution in [3.05, 3.63) is 70.5 Å². The van der Waals surface area contributed by atoms with Crippen LogP contribution in [0.25, 0.3) is 22.3 Å². The summed E-state index contributed by atoms with van der Waals surface area (Å²) in [6.07, 6.45) is 1.73. The van der Waals surface area contributed by atoms with Gasteiger partial charge in [0.15, 0.2) is 11.5 Å². The van der Waals surface area contributed by atoms with Crippen molar-refractivity contribution in [3.8, 4) is 33.8 Å². The van der Waals surface area contributed by atoms with Crippen molar-refractivity contribution in [3.63, 3.8) is 0 Å². The number of hydrogen-bond donors (Lipinski definition) is 0. The number of aryl methyl sites for hydroxylation is 1. The third kappa shape index (κ3) is 3.21. The van der Waals surface area contributed by atoms with Crippen LogP contribution in [-0.4, -0.2) is 24.1 Å². The van der Waals surface area contributed by atoms with Crippen LogP contribution in [0.2, 0.25) is 0 Å². The molecule has 0 spiro atoms. The average molecular weight is 350 g/mol. The van der Waals surface area contributed by atoms with E-state index in [0.29, 0.717) is 11.5 Å². The number of nitrogens with zero attached hydrogens (tertiary/aromatic N) is 2. The number of pyridine rings is 1. The summed E-state index contributed by atoms with van der Waals surface area (Å²) < 4.78 is 10.7. The highest BCUT2D eigenvalue weighted by molar-refractivity contribution is 5.85. The number of benzene rings is 2. The third-order valence-electron chi connectivity index (χ3n) is 4.20. The van der Waals surface area contributed by atoms with Gasteiger partial charge in [0.25, 0.3) is 5.69 Å². The summed E-state index contributed by atoms with van der Waals surface area (Å²) in [5.41, 5.74) is 4.62. The highest BCUT2D eigenvalue weighted by Crippen LogP contribution is 2.38. The monoisotopic (exact) mass is 350 g/mol. The molecule has 0 aliphatic carbocycles. The molecule has 0 saturated heterocycles. The lowest BCUT2D eigenvalue weighted by Gasteiger charge is -2.15. The van der Waals surface area contributed by atoms with E-state index in [1.165, 1.54) is 12.1 Å². The van der Waals surface area contributed by atoms with E-state index in [4.69, 9.17) is 9.47 Å². The molecule has 0 saturated carbocycles. The molecule has 0 atom stereocenters. The van der Waals surface area contributed by atoms with E-state index in [1.807, 2.05) is 31.2 Å². The molecule has 0 aliphatic heterocycles. The molecular formula is C20H18N2O4. The Morgan fingerprint density at radius 2 is 1.58 bits per heavy atom. The quantitative estimate of drug-likeness (QED) is 0.494. The van der Waals surface area contributed by atoms with Crippen molar-refractivity contribution in [2.24, 2.45) is 0 Å². The lowest BCUT2D eigenvalue weighted by molar-refractivity contribution is -0.384. The van der Waals surface area contributed by atoms with Crippen molar-refractivity contribution in [1.29, 1.82) is 0 Å². The lowest BCUT2D eigenvalue weighted by atomic mass is 9.93. The minimum atomic E-state index is -0.406. The average Bonchev–Trinajstić information content (AvgIpc) is 2.67. The van der Waals surface area contributed by atoms with Gasteiger partial charge >= 0.3 is 0 Å². The van der Waals surface area contributed by atoms with Gasteiger partial charge < -0.3 is 9.47 Å². The predicted octanol–water partition coefficient (Wildman–Crippen LogP) is 4.65. The van der Waals surface area contributed by atoms with Crippen molar-refractivity contribution < 1.29 is 14.4 Å². The van der Waals surface area contributed by atoms with Crippen LogP contribution in [0.4, 0.5) is 5.69 Å². The summed E-state index contributed by atoms with van der Waals surface area (Å²) in [5, 5.41) is 10.9. The molecule has 0 aliphatic rings. The van der Waals surface area contributed by atoms with Crippen molar-refractivity contribution in [2.75, 3.05) is 14.2 Å². The molecule has 0 unspecified atom stereocenters. The number of aromatic nitrogens is 1. The fraction of sp³-hybridized carbons (Fsp3) is 0.150. The van der Waals surface area contributed by atoms with Gasteiger partial charge in [-0.1, -0.05) is 6.07 Å². The molecule has 0 bridgehead atoms. The number of methoxy groups -OCH3 is 2. The first-order chi connectivity index (χ1) is 12.5. The smallest absolute Gasteiger partial charge is 0.269 e. The Labute approximate surface area is 151 Å². The summed E-state index contributed by atoms with van der Waals surface area (Å²) in [6.45, 7) is 1.93. The number of nitro groups is 1. The van der Waals surface area contributed by atoms with E-state index in [2.05, 4.69) is 4.98 Å². The van der Waals surface area contributed by atoms with Gasteiger partial charge in [0.05, 0.1) is 19.1 Å². The highest BCUT2D eigenvalue weighted by Gasteiger charge is 2.15. The zero-order valence-corrected chi connectivity index (χ0v) is 14.7. The molecule has 1 aromatic heterocycles. The van der Waals surface area contributed by atoms with Crippen LogP contribution in [0.5, 0.6) is 11.5 Å². The molecule has 0 radical (unpaired) electrons. The molecule has 0 N–H and O–H groups in total. The second-order valence-electron chi connectivity index (χ2n) is 5.69. The van der Waals surface area contributed by atoms with Crippen LogP contribution >= 0.6 is 0 Å². The minimum Gasteiger partial charge on any atom is -0.493 e. The van der Waals surface area contributed by atoms with Crippen LogP contribution in [0.1, 0.15) is 5.69 Å². The first-order valence-electron chi connectivity index (χ1n) is 7.98. The van der Waals surface area contributed by atoms with Gasteiger partial charge in [-0.3, -0.25) is 15.1 Å². The first-order valence-corrected chi connectivity index (χ1v) is 7.98. The van der Waals surface area contributed by atoms with E-state index in [0.717, 1.165) is 27.9 Å². The highest BCUT2D eigenvalue weighted by atomic mass is 16.6. The molecule has 6 heteroatoms. The molecule has 3 rings (SSSR count). The van der Waals surface area contributed by atoms with Gasteiger partial charge in [-0.2, -0.15) is 0 Å². The van der Waals surface area contributed by atoms with Gasteiger partial charge in [-0.15, -0.1) is 0 Å². The van der Waals surface area contributed by atoms with Crippen LogP contribution in [0.15, 0.2) is 54.7 Å². The van der Waals surface area contributed by atoms with Gasteiger partial charge in [-0.05, 0) is 53.9 Å². The predicted molar refractivity (Wildman–Crippen MR) is 99.6 cm³/mol. The zero-order chi connectivity index (χ0) is 18.7. The second kappa shape index (κ2) is 7.23. The Kier molecular flexibility index (Phi) is 4.84. The number of hydrogen-bond acceptors (Lipinski definition) is 5. The van der Waals surface area contributed by atoms with Gasteiger partial charge in [0, 0.05) is 29.6 Å². The number of nitro benzene ring substituents is 1. The summed E-state index contributed by atoms with van der Waals surface area (Å²) in [7, 11) is 3.18. The van der Waals surface area contributed by atoms with Crippen LogP contribution in [-0.2, 0) is 0 Å². The molecule has 2 aromatic carbocycles. The Morgan fingerprint density at radius 3 is 2.19 bits per heavy atom. The van der Waals surface area contributed by atoms with Gasteiger partial charge in [-0.25, -0.2) is 0 Å². The van der Waals surface area contributed by atoms with E-state index in [1.54, 1.807) is 32.5 Å². The molecule has 6 nitrogen and oxygen atoms in total. The van der Waals surface area contributed by atoms with Crippen molar-refractivity contribution >= 4 is 5.69 Å². The molecule has 3 aromatic rings. The molecule has 0 amide bonds. The Bertz CT molecular complexity index is 953. The number of ether oxygens (including phenoxy) is 2. The standard InChI is InChI=1S/C20H18N2O4/c1-13-20(15-6-9-18(25-2)19(12-15)26-3)17(10-11-21-13)14-4-7-16(8-5-14)22(23)24/h4-12H,1-3H3. The zero-order valence-electron chi connectivity index (χ0n) is 14.7. The van der Waals surface area contributed by atoms with E-state index < -0.39 is 4.92 Å². The SMILES string of the molecule is COc1ccc(-c2c(-c3ccc([N+](=O)[O-])cc3)ccnc2C)cc1OC. The topological polar surface area (TPSA) is 74.5 Å². The van der Waals surface area contributed by atoms with Crippen LogP contribution in [0.3, 0.4) is 0 Å². The molecule has 0 fully saturated rings. The summed E-state index contributed by atoms with van der Waals surface area (Å²) >= 11 is 0. The molecule has 26 heavy (non-hydrogen) atoms. The maximum Gasteiger partial charge on any atom is 0.269 e. The van der Waals surface area contributed by atoms with Gasteiger partial charge in [0.2, 0.25) is 0 Å². The molecular weight excluding hydrogens is 332 g/mol. The fourth-order valence-electron chi connectivity index (χ4n) is 2.93. The molecule has 1 heterocycles. The number of rotatable bonds is 5. The van der Waals surface area contributed by atoms with Crippen LogP contribution < -0.4 is 9.47 Å². The van der Waals surface area contributed by atoms with Gasteiger partial charge in [0.1, 0.15) is 0 Å². The van der Waals surface area contributed by atoms with Crippen molar-refractivity contribution in [2.45, 2.75) is 6.92 Å². The maximum absolute atomic E-state index is 10.9.